The molecule has 7 heteroatoms. The number of amidine groups is 1. The molecule has 0 spiro atoms. The van der Waals surface area contributed by atoms with Crippen molar-refractivity contribution >= 4 is 16.9 Å². The summed E-state index contributed by atoms with van der Waals surface area (Å²) in [6.45, 7) is 15.7. The van der Waals surface area contributed by atoms with E-state index in [1.54, 1.807) is 0 Å². The summed E-state index contributed by atoms with van der Waals surface area (Å²) in [5.41, 5.74) is -0.0747. The minimum atomic E-state index is -0.0747. The first kappa shape index (κ1) is 16.8. The van der Waals surface area contributed by atoms with Crippen molar-refractivity contribution in [3.8, 4) is 0 Å². The summed E-state index contributed by atoms with van der Waals surface area (Å²) in [6, 6.07) is 0.165. The van der Waals surface area contributed by atoms with Gasteiger partial charge in [0.15, 0.2) is 11.0 Å². The van der Waals surface area contributed by atoms with Crippen LogP contribution in [0, 0.1) is 0 Å². The van der Waals surface area contributed by atoms with Gasteiger partial charge in [0, 0.05) is 36.8 Å². The highest BCUT2D eigenvalue weighted by Crippen LogP contribution is 2.27. The quantitative estimate of drug-likeness (QED) is 0.826. The zero-order chi connectivity index (χ0) is 16.6. The first-order chi connectivity index (χ1) is 10.8. The Bertz CT molecular complexity index is 571. The van der Waals surface area contributed by atoms with E-state index in [2.05, 4.69) is 59.6 Å². The normalized spacial score (nSPS) is 24.8. The Kier molecular flexibility index (Phi) is 4.69. The summed E-state index contributed by atoms with van der Waals surface area (Å²) in [6.07, 6.45) is 0. The molecule has 2 aliphatic rings. The molecule has 0 amide bonds. The second kappa shape index (κ2) is 6.43. The zero-order valence-electron chi connectivity index (χ0n) is 14.7. The van der Waals surface area contributed by atoms with Gasteiger partial charge < -0.3 is 9.42 Å². The van der Waals surface area contributed by atoms with Gasteiger partial charge in [0.1, 0.15) is 0 Å². The number of thioether (sulfide) groups is 1. The molecule has 1 aromatic heterocycles. The summed E-state index contributed by atoms with van der Waals surface area (Å²) in [5, 5.41) is 5.99. The van der Waals surface area contributed by atoms with E-state index in [1.807, 2.05) is 11.8 Å². The largest absolute Gasteiger partial charge is 0.349 e. The lowest BCUT2D eigenvalue weighted by molar-refractivity contribution is 0.121. The Morgan fingerprint density at radius 3 is 2.43 bits per heavy atom. The third kappa shape index (κ3) is 3.71. The Balaban J connectivity index is 1.58. The molecule has 0 unspecified atom stereocenters. The molecular weight excluding hydrogens is 310 g/mol. The van der Waals surface area contributed by atoms with Crippen LogP contribution < -0.4 is 0 Å². The molecule has 2 aliphatic heterocycles. The lowest BCUT2D eigenvalue weighted by Gasteiger charge is -2.37. The van der Waals surface area contributed by atoms with Crippen LogP contribution in [0.4, 0.5) is 0 Å². The van der Waals surface area contributed by atoms with Crippen molar-refractivity contribution in [2.24, 2.45) is 4.99 Å². The van der Waals surface area contributed by atoms with Crippen LogP contribution in [0.2, 0.25) is 0 Å². The van der Waals surface area contributed by atoms with E-state index in [9.17, 15) is 0 Å². The van der Waals surface area contributed by atoms with Gasteiger partial charge in [-0.25, -0.2) is 0 Å². The van der Waals surface area contributed by atoms with E-state index >= 15 is 0 Å². The standard InChI is InChI=1S/C16H27N5OS/c1-11-10-17-15(23-11)21-8-6-20(7-9-21)12(2)13-18-14(19-22-13)16(3,4)5/h11-12H,6-10H2,1-5H3/t11-,12+/m1/s1. The fraction of sp³-hybridized carbons (Fsp3) is 0.812. The van der Waals surface area contributed by atoms with Crippen LogP contribution in [0.3, 0.4) is 0 Å². The maximum Gasteiger partial charge on any atom is 0.243 e. The summed E-state index contributed by atoms with van der Waals surface area (Å²) in [7, 11) is 0. The minimum absolute atomic E-state index is 0.0747. The molecule has 0 saturated carbocycles. The summed E-state index contributed by atoms with van der Waals surface area (Å²) in [4.78, 5) is 14.1. The maximum atomic E-state index is 5.50. The SMILES string of the molecule is C[C@@H]1CN=C(N2CCN([C@@H](C)c3nc(C(C)(C)C)no3)CC2)S1. The zero-order valence-corrected chi connectivity index (χ0v) is 15.6. The molecule has 0 bridgehead atoms. The first-order valence-corrected chi connectivity index (χ1v) is 9.27. The predicted molar refractivity (Wildman–Crippen MR) is 93.9 cm³/mol. The highest BCUT2D eigenvalue weighted by molar-refractivity contribution is 8.14. The third-order valence-electron chi connectivity index (χ3n) is 4.39. The van der Waals surface area contributed by atoms with E-state index in [0.717, 1.165) is 44.4 Å². The molecule has 1 aromatic rings. The van der Waals surface area contributed by atoms with E-state index in [0.29, 0.717) is 5.25 Å². The Hall–Kier alpha value is -1.08. The second-order valence-corrected chi connectivity index (χ2v) is 8.86. The van der Waals surface area contributed by atoms with Gasteiger partial charge in [-0.3, -0.25) is 9.89 Å². The maximum absolute atomic E-state index is 5.50. The molecule has 128 valence electrons. The molecule has 0 N–H and O–H groups in total. The van der Waals surface area contributed by atoms with E-state index < -0.39 is 0 Å². The van der Waals surface area contributed by atoms with Crippen LogP contribution in [0.15, 0.2) is 9.52 Å². The van der Waals surface area contributed by atoms with Gasteiger partial charge in [-0.2, -0.15) is 4.98 Å². The Morgan fingerprint density at radius 2 is 1.91 bits per heavy atom. The van der Waals surface area contributed by atoms with E-state index in [-0.39, 0.29) is 11.5 Å². The predicted octanol–water partition coefficient (Wildman–Crippen LogP) is 2.54. The molecule has 1 fully saturated rings. The number of hydrogen-bond donors (Lipinski definition) is 0. The van der Waals surface area contributed by atoms with Gasteiger partial charge in [-0.05, 0) is 6.92 Å². The van der Waals surface area contributed by atoms with Crippen molar-refractivity contribution in [3.05, 3.63) is 11.7 Å². The van der Waals surface area contributed by atoms with Gasteiger partial charge in [-0.15, -0.1) is 0 Å². The van der Waals surface area contributed by atoms with Crippen LogP contribution >= 0.6 is 11.8 Å². The van der Waals surface area contributed by atoms with E-state index in [4.69, 9.17) is 4.52 Å². The van der Waals surface area contributed by atoms with Crippen LogP contribution in [0.25, 0.3) is 0 Å². The van der Waals surface area contributed by atoms with Gasteiger partial charge in [0.25, 0.3) is 0 Å². The number of aromatic nitrogens is 2. The van der Waals surface area contributed by atoms with Gasteiger partial charge in [0.05, 0.1) is 12.6 Å². The molecule has 23 heavy (non-hydrogen) atoms. The van der Waals surface area contributed by atoms with Gasteiger partial charge in [-0.1, -0.05) is 44.6 Å². The van der Waals surface area contributed by atoms with Crippen molar-refractivity contribution in [2.45, 2.75) is 51.3 Å². The second-order valence-electron chi connectivity index (χ2n) is 7.46. The molecule has 0 aromatic carbocycles. The highest BCUT2D eigenvalue weighted by atomic mass is 32.2. The van der Waals surface area contributed by atoms with Crippen molar-refractivity contribution in [1.29, 1.82) is 0 Å². The van der Waals surface area contributed by atoms with Crippen molar-refractivity contribution in [3.63, 3.8) is 0 Å². The van der Waals surface area contributed by atoms with Crippen LogP contribution in [-0.2, 0) is 5.41 Å². The number of aliphatic imine (C=N–C) groups is 1. The van der Waals surface area contributed by atoms with Crippen molar-refractivity contribution in [1.82, 2.24) is 19.9 Å². The summed E-state index contributed by atoms with van der Waals surface area (Å²) >= 11 is 1.90. The number of rotatable bonds is 2. The summed E-state index contributed by atoms with van der Waals surface area (Å²) < 4.78 is 5.50. The number of piperazine rings is 1. The van der Waals surface area contributed by atoms with Crippen LogP contribution in [-0.4, -0.2) is 63.1 Å². The third-order valence-corrected chi connectivity index (χ3v) is 5.54. The Morgan fingerprint density at radius 1 is 1.22 bits per heavy atom. The lowest BCUT2D eigenvalue weighted by Crippen LogP contribution is -2.48. The summed E-state index contributed by atoms with van der Waals surface area (Å²) in [5.74, 6) is 1.51. The monoisotopic (exact) mass is 337 g/mol. The van der Waals surface area contributed by atoms with Gasteiger partial charge >= 0.3 is 0 Å². The fourth-order valence-electron chi connectivity index (χ4n) is 2.80. The van der Waals surface area contributed by atoms with Crippen LogP contribution in [0.1, 0.15) is 52.4 Å². The first-order valence-electron chi connectivity index (χ1n) is 8.39. The minimum Gasteiger partial charge on any atom is -0.349 e. The molecule has 6 nitrogen and oxygen atoms in total. The number of hydrogen-bond acceptors (Lipinski definition) is 7. The molecule has 3 heterocycles. The Labute approximate surface area is 142 Å². The molecule has 3 rings (SSSR count). The molecular formula is C16H27N5OS. The molecule has 0 aliphatic carbocycles. The van der Waals surface area contributed by atoms with Crippen molar-refractivity contribution in [2.75, 3.05) is 32.7 Å². The molecule has 2 atom stereocenters. The van der Waals surface area contributed by atoms with Crippen molar-refractivity contribution < 1.29 is 4.52 Å². The molecule has 1 saturated heterocycles. The lowest BCUT2D eigenvalue weighted by atomic mass is 9.96. The smallest absolute Gasteiger partial charge is 0.243 e. The van der Waals surface area contributed by atoms with E-state index in [1.165, 1.54) is 5.17 Å². The fourth-order valence-corrected chi connectivity index (χ4v) is 3.79. The number of nitrogens with zero attached hydrogens (tertiary/aromatic N) is 5. The highest BCUT2D eigenvalue weighted by Gasteiger charge is 2.30. The average molecular weight is 337 g/mol. The average Bonchev–Trinajstić information content (AvgIpc) is 3.15. The topological polar surface area (TPSA) is 57.8 Å². The van der Waals surface area contributed by atoms with Gasteiger partial charge in [0.2, 0.25) is 5.89 Å². The molecule has 0 radical (unpaired) electrons. The van der Waals surface area contributed by atoms with Crippen LogP contribution in [0.5, 0.6) is 0 Å².